The number of methoxy groups -OCH3 is 1. The molecule has 0 saturated carbocycles. The number of aromatic nitrogens is 2. The van der Waals surface area contributed by atoms with Crippen molar-refractivity contribution in [1.82, 2.24) is 14.9 Å². The molecule has 2 heterocycles. The topological polar surface area (TPSA) is 68.7 Å². The van der Waals surface area contributed by atoms with E-state index in [0.717, 1.165) is 7.11 Å². The van der Waals surface area contributed by atoms with Crippen LogP contribution in [0.25, 0.3) is 10.9 Å². The third-order valence-electron chi connectivity index (χ3n) is 3.88. The molecule has 0 bridgehead atoms. The van der Waals surface area contributed by atoms with Gasteiger partial charge in [-0.25, -0.2) is 14.4 Å². The van der Waals surface area contributed by atoms with Crippen LogP contribution in [0.15, 0.2) is 36.5 Å². The first-order valence-electron chi connectivity index (χ1n) is 15.8. The van der Waals surface area contributed by atoms with Gasteiger partial charge in [-0.1, -0.05) is 11.6 Å². The van der Waals surface area contributed by atoms with Crippen molar-refractivity contribution in [2.45, 2.75) is 6.42 Å². The highest BCUT2D eigenvalue weighted by atomic mass is 35.5. The Labute approximate surface area is 204 Å². The molecule has 0 atom stereocenters. The smallest absolute Gasteiger partial charge is 0.162 e. The average Bonchev–Trinajstić information content (AvgIpc) is 2.93. The maximum absolute atomic E-state index is 14.2. The first-order valence-corrected chi connectivity index (χ1v) is 9.18. The van der Waals surface area contributed by atoms with Gasteiger partial charge < -0.3 is 19.5 Å². The molecule has 7 nitrogen and oxygen atoms in total. The maximum Gasteiger partial charge on any atom is 0.162 e. The minimum Gasteiger partial charge on any atom is -0.493 e. The van der Waals surface area contributed by atoms with Gasteiger partial charge in [-0.15, -0.1) is 0 Å². The van der Waals surface area contributed by atoms with Crippen LogP contribution in [-0.4, -0.2) is 61.2 Å². The van der Waals surface area contributed by atoms with Crippen LogP contribution in [0.3, 0.4) is 0 Å². The van der Waals surface area contributed by atoms with E-state index >= 15 is 0 Å². The number of rotatable bonds is 8. The molecule has 0 amide bonds. The summed E-state index contributed by atoms with van der Waals surface area (Å²) in [7, 11) is 1.16. The molecule has 1 aliphatic heterocycles. The summed E-state index contributed by atoms with van der Waals surface area (Å²) >= 11 is 5.81. The van der Waals surface area contributed by atoms with Gasteiger partial charge in [-0.3, -0.25) is 4.90 Å². The lowest BCUT2D eigenvalue weighted by atomic mass is 10.2. The Balaban J connectivity index is 1.72. The van der Waals surface area contributed by atoms with Crippen molar-refractivity contribution in [2.24, 2.45) is 0 Å². The number of anilines is 2. The van der Waals surface area contributed by atoms with Gasteiger partial charge in [0, 0.05) is 42.1 Å². The van der Waals surface area contributed by atoms with Crippen molar-refractivity contribution in [1.29, 1.82) is 0 Å². The van der Waals surface area contributed by atoms with E-state index in [4.69, 9.17) is 40.3 Å². The summed E-state index contributed by atoms with van der Waals surface area (Å²) in [6.45, 7) is -13.7. The Morgan fingerprint density at radius 3 is 2.90 bits per heavy atom. The minimum absolute atomic E-state index is 0.253. The van der Waals surface area contributed by atoms with Gasteiger partial charge in [0.05, 0.1) is 49.7 Å². The average molecular weight is 461 g/mol. The molecule has 9 heteroatoms. The number of ether oxygens (including phenoxy) is 3. The van der Waals surface area contributed by atoms with E-state index in [2.05, 4.69) is 20.0 Å². The van der Waals surface area contributed by atoms with E-state index in [9.17, 15) is 4.39 Å². The van der Waals surface area contributed by atoms with Gasteiger partial charge in [-0.05, 0) is 30.6 Å². The molecule has 1 aliphatic rings. The number of hydrogen-bond donors (Lipinski definition) is 1. The van der Waals surface area contributed by atoms with Gasteiger partial charge >= 0.3 is 0 Å². The number of halogens is 2. The SMILES string of the molecule is [2H]c1nc(Nc2c([2H])c([2H])c(F)c(Cl)c2[2H])c2c([2H])c(OCCCN3C([2H])([2H])C([2H])([2H])OC([2H])([2H])C3([2H])[2H])c(OC)c([2H])c2n1. The van der Waals surface area contributed by atoms with Crippen LogP contribution in [-0.2, 0) is 4.74 Å². The molecular weight excluding hydrogens is 423 g/mol. The maximum atomic E-state index is 14.2. The van der Waals surface area contributed by atoms with Crippen LogP contribution in [0, 0.1) is 5.82 Å². The standard InChI is InChI=1S/C22H24ClFN4O3/c1-29-20-13-19-16(12-21(20)31-8-2-5-28-6-9-30-10-7-28)22(26-14-25-19)27-15-3-4-18(24)17(23)11-15/h3-4,11-14H,2,5-10H2,1H3,(H,25,26,27)/i3D,4D,6D2,7D2,9D2,10D2,11D,12D,13D,14D. The summed E-state index contributed by atoms with van der Waals surface area (Å²) in [6, 6.07) is -3.43. The molecule has 1 saturated heterocycles. The van der Waals surface area contributed by atoms with Gasteiger partial charge in [0.1, 0.15) is 19.3 Å². The molecule has 1 N–H and O–H groups in total. The van der Waals surface area contributed by atoms with Crippen LogP contribution in [0.5, 0.6) is 11.5 Å². The first-order chi connectivity index (χ1) is 20.6. The fraction of sp³-hybridized carbons (Fsp3) is 0.364. The molecule has 164 valence electrons. The van der Waals surface area contributed by atoms with Crippen molar-refractivity contribution < 1.29 is 37.8 Å². The Bertz CT molecular complexity index is 1630. The number of benzene rings is 2. The van der Waals surface area contributed by atoms with E-state index in [0.29, 0.717) is 4.90 Å². The third kappa shape index (κ3) is 5.33. The number of morpholine rings is 1. The number of nitrogens with one attached hydrogen (secondary N) is 1. The lowest BCUT2D eigenvalue weighted by molar-refractivity contribution is 0.0357. The largest absolute Gasteiger partial charge is 0.493 e. The van der Waals surface area contributed by atoms with Gasteiger partial charge in [-0.2, -0.15) is 0 Å². The van der Waals surface area contributed by atoms with Crippen molar-refractivity contribution in [3.63, 3.8) is 0 Å². The predicted octanol–water partition coefficient (Wildman–Crippen LogP) is 4.28. The summed E-state index contributed by atoms with van der Waals surface area (Å²) in [5.41, 5.74) is -0.771. The molecular formula is C22H24ClFN4O3. The number of fused-ring (bicyclic) bond motifs is 1. The molecule has 0 spiro atoms. The predicted molar refractivity (Wildman–Crippen MR) is 118 cm³/mol. The van der Waals surface area contributed by atoms with Crippen LogP contribution < -0.4 is 14.8 Å². The van der Waals surface area contributed by atoms with Crippen LogP contribution in [0.1, 0.15) is 25.6 Å². The van der Waals surface area contributed by atoms with E-state index in [-0.39, 0.29) is 34.6 Å². The normalized spacial score (nSPS) is 27.6. The molecule has 2 aromatic carbocycles. The van der Waals surface area contributed by atoms with Crippen molar-refractivity contribution in [3.8, 4) is 11.5 Å². The second-order valence-electron chi connectivity index (χ2n) is 5.89. The highest BCUT2D eigenvalue weighted by Crippen LogP contribution is 2.35. The molecule has 3 aromatic rings. The van der Waals surface area contributed by atoms with Crippen molar-refractivity contribution in [3.05, 3.63) is 47.4 Å². The Kier molecular flexibility index (Phi) is 3.35. The molecule has 1 fully saturated rings. The highest BCUT2D eigenvalue weighted by Gasteiger charge is 2.14. The third-order valence-corrected chi connectivity index (χ3v) is 4.14. The second kappa shape index (κ2) is 10.1. The zero-order valence-electron chi connectivity index (χ0n) is 29.9. The Hall–Kier alpha value is -2.68. The zero-order valence-corrected chi connectivity index (χ0v) is 16.7. The van der Waals surface area contributed by atoms with Crippen LogP contribution in [0.4, 0.5) is 15.9 Å². The zero-order chi connectivity index (χ0) is 34.0. The minimum atomic E-state index is -3.23. The van der Waals surface area contributed by atoms with Crippen LogP contribution in [0.2, 0.25) is 5.02 Å². The Morgan fingerprint density at radius 1 is 1.26 bits per heavy atom. The van der Waals surface area contributed by atoms with E-state index < -0.39 is 92.3 Å². The van der Waals surface area contributed by atoms with Gasteiger partial charge in [0.25, 0.3) is 0 Å². The summed E-state index contributed by atoms with van der Waals surface area (Å²) in [6.07, 6.45) is -0.906. The summed E-state index contributed by atoms with van der Waals surface area (Å²) in [5, 5.41) is 1.49. The lowest BCUT2D eigenvalue weighted by Gasteiger charge is -2.26. The Morgan fingerprint density at radius 2 is 2.10 bits per heavy atom. The summed E-state index contributed by atoms with van der Waals surface area (Å²) in [5.74, 6) is -2.39. The molecule has 0 aliphatic carbocycles. The number of nitrogens with zero attached hydrogens (tertiary/aromatic N) is 3. The highest BCUT2D eigenvalue weighted by molar-refractivity contribution is 6.31. The summed E-state index contributed by atoms with van der Waals surface area (Å²) < 4.78 is 143. The molecule has 4 rings (SSSR count). The quantitative estimate of drug-likeness (QED) is 0.503. The van der Waals surface area contributed by atoms with Crippen molar-refractivity contribution >= 4 is 34.0 Å². The molecule has 1 aromatic heterocycles. The first kappa shape index (κ1) is 10.3. The van der Waals surface area contributed by atoms with Crippen LogP contribution >= 0.6 is 11.6 Å². The summed E-state index contributed by atoms with van der Waals surface area (Å²) in [4.78, 5) is 8.10. The number of hydrogen-bond acceptors (Lipinski definition) is 7. The molecule has 31 heavy (non-hydrogen) atoms. The van der Waals surface area contributed by atoms with E-state index in [1.165, 1.54) is 0 Å². The molecule has 0 radical (unpaired) electrons. The van der Waals surface area contributed by atoms with Gasteiger partial charge in [0.2, 0.25) is 0 Å². The van der Waals surface area contributed by atoms with Gasteiger partial charge in [0.15, 0.2) is 11.5 Å². The fourth-order valence-corrected chi connectivity index (χ4v) is 2.64. The lowest BCUT2D eigenvalue weighted by Crippen LogP contribution is -2.37. The monoisotopic (exact) mass is 460 g/mol. The van der Waals surface area contributed by atoms with Crippen molar-refractivity contribution in [2.75, 3.05) is 51.7 Å². The van der Waals surface area contributed by atoms with E-state index in [1.54, 1.807) is 0 Å². The fourth-order valence-electron chi connectivity index (χ4n) is 2.50. The second-order valence-corrected chi connectivity index (χ2v) is 6.27. The van der Waals surface area contributed by atoms with E-state index in [1.807, 2.05) is 0 Å². The molecule has 0 unspecified atom stereocenters.